The number of nitrogens with zero attached hydrogens (tertiary/aromatic N) is 2. The van der Waals surface area contributed by atoms with E-state index in [0.29, 0.717) is 0 Å². The second kappa shape index (κ2) is 4.64. The first-order valence-corrected chi connectivity index (χ1v) is 5.90. The number of hydrogen-bond donors (Lipinski definition) is 1. The van der Waals surface area contributed by atoms with Crippen molar-refractivity contribution in [2.24, 2.45) is 0 Å². The third kappa shape index (κ3) is 2.14. The highest BCUT2D eigenvalue weighted by Gasteiger charge is 2.17. The molecule has 0 fully saturated rings. The summed E-state index contributed by atoms with van der Waals surface area (Å²) < 4.78 is 1.73. The van der Waals surface area contributed by atoms with E-state index in [2.05, 4.69) is 5.10 Å². The Kier molecular flexibility index (Phi) is 3.19. The Morgan fingerprint density at radius 2 is 2.00 bits per heavy atom. The van der Waals surface area contributed by atoms with Crippen LogP contribution in [0.1, 0.15) is 41.5 Å². The summed E-state index contributed by atoms with van der Waals surface area (Å²) in [7, 11) is 0. The molecule has 2 rings (SSSR count). The van der Waals surface area contributed by atoms with Crippen molar-refractivity contribution in [1.29, 1.82) is 0 Å². The van der Waals surface area contributed by atoms with Gasteiger partial charge in [0.2, 0.25) is 0 Å². The Hall–Kier alpha value is -2.10. The van der Waals surface area contributed by atoms with Crippen LogP contribution in [-0.4, -0.2) is 20.9 Å². The number of carbonyl (C=O) groups is 1. The van der Waals surface area contributed by atoms with Gasteiger partial charge < -0.3 is 5.11 Å². The van der Waals surface area contributed by atoms with Crippen molar-refractivity contribution in [3.05, 3.63) is 47.3 Å². The molecule has 1 aromatic carbocycles. The smallest absolute Gasteiger partial charge is 0.356 e. The third-order valence-electron chi connectivity index (χ3n) is 2.89. The van der Waals surface area contributed by atoms with Gasteiger partial charge in [0.1, 0.15) is 0 Å². The van der Waals surface area contributed by atoms with E-state index in [0.717, 1.165) is 16.9 Å². The van der Waals surface area contributed by atoms with Crippen LogP contribution in [0.3, 0.4) is 0 Å². The second-order valence-corrected chi connectivity index (χ2v) is 4.61. The molecule has 0 amide bonds. The number of para-hydroxylation sites is 1. The highest BCUT2D eigenvalue weighted by molar-refractivity contribution is 5.85. The van der Waals surface area contributed by atoms with E-state index in [9.17, 15) is 4.79 Å². The Balaban J connectivity index is 2.63. The van der Waals surface area contributed by atoms with Crippen molar-refractivity contribution in [2.45, 2.75) is 26.7 Å². The lowest BCUT2D eigenvalue weighted by molar-refractivity contribution is 0.0690. The van der Waals surface area contributed by atoms with Crippen LogP contribution in [0, 0.1) is 6.92 Å². The minimum Gasteiger partial charge on any atom is -0.476 e. The van der Waals surface area contributed by atoms with Crippen molar-refractivity contribution in [2.75, 3.05) is 0 Å². The number of rotatable bonds is 3. The molecule has 18 heavy (non-hydrogen) atoms. The molecule has 0 saturated carbocycles. The molecule has 0 unspecified atom stereocenters. The van der Waals surface area contributed by atoms with Crippen LogP contribution in [0.25, 0.3) is 5.69 Å². The van der Waals surface area contributed by atoms with Crippen molar-refractivity contribution in [3.63, 3.8) is 0 Å². The van der Waals surface area contributed by atoms with E-state index in [1.54, 1.807) is 10.7 Å². The van der Waals surface area contributed by atoms with E-state index in [-0.39, 0.29) is 11.6 Å². The van der Waals surface area contributed by atoms with E-state index >= 15 is 0 Å². The van der Waals surface area contributed by atoms with Gasteiger partial charge in [0.05, 0.1) is 5.69 Å². The van der Waals surface area contributed by atoms with Crippen LogP contribution >= 0.6 is 0 Å². The zero-order chi connectivity index (χ0) is 13.3. The SMILES string of the molecule is Cc1ccccc1-n1nc(C(=O)O)cc1C(C)C. The average Bonchev–Trinajstić information content (AvgIpc) is 2.74. The molecule has 1 aromatic heterocycles. The lowest BCUT2D eigenvalue weighted by Gasteiger charge is -2.11. The second-order valence-electron chi connectivity index (χ2n) is 4.61. The summed E-state index contributed by atoms with van der Waals surface area (Å²) in [6, 6.07) is 9.45. The number of aromatic carboxylic acids is 1. The van der Waals surface area contributed by atoms with E-state index in [1.165, 1.54) is 0 Å². The quantitative estimate of drug-likeness (QED) is 0.903. The number of carboxylic acid groups (broad SMARTS) is 1. The van der Waals surface area contributed by atoms with Crippen LogP contribution in [0.15, 0.2) is 30.3 Å². The standard InChI is InChI=1S/C14H16N2O2/c1-9(2)13-8-11(14(17)18)15-16(13)12-7-5-4-6-10(12)3/h4-9H,1-3H3,(H,17,18). The maximum Gasteiger partial charge on any atom is 0.356 e. The Labute approximate surface area is 106 Å². The zero-order valence-corrected chi connectivity index (χ0v) is 10.7. The lowest BCUT2D eigenvalue weighted by Crippen LogP contribution is -2.06. The first-order chi connectivity index (χ1) is 8.50. The molecule has 0 saturated heterocycles. The van der Waals surface area contributed by atoms with E-state index < -0.39 is 5.97 Å². The van der Waals surface area contributed by atoms with E-state index in [4.69, 9.17) is 5.11 Å². The molecule has 0 spiro atoms. The van der Waals surface area contributed by atoms with Gasteiger partial charge in [0.15, 0.2) is 5.69 Å². The Morgan fingerprint density at radius 3 is 2.56 bits per heavy atom. The minimum atomic E-state index is -0.996. The molecule has 0 aliphatic carbocycles. The predicted octanol–water partition coefficient (Wildman–Crippen LogP) is 3.00. The molecule has 0 radical (unpaired) electrons. The molecule has 1 heterocycles. The molecule has 0 atom stereocenters. The first kappa shape index (κ1) is 12.4. The van der Waals surface area contributed by atoms with Gasteiger partial charge in [0.25, 0.3) is 0 Å². The molecular weight excluding hydrogens is 228 g/mol. The van der Waals surface area contributed by atoms with Crippen LogP contribution in [0.5, 0.6) is 0 Å². The van der Waals surface area contributed by atoms with Gasteiger partial charge in [-0.1, -0.05) is 32.0 Å². The molecular formula is C14H16N2O2. The normalized spacial score (nSPS) is 10.9. The highest BCUT2D eigenvalue weighted by atomic mass is 16.4. The van der Waals surface area contributed by atoms with Crippen LogP contribution in [-0.2, 0) is 0 Å². The van der Waals surface area contributed by atoms with Crippen molar-refractivity contribution in [3.8, 4) is 5.69 Å². The molecule has 4 nitrogen and oxygen atoms in total. The maximum absolute atomic E-state index is 11.0. The molecule has 0 bridgehead atoms. The number of carboxylic acids is 1. The van der Waals surface area contributed by atoms with E-state index in [1.807, 2.05) is 45.0 Å². The summed E-state index contributed by atoms with van der Waals surface area (Å²) in [4.78, 5) is 11.0. The van der Waals surface area contributed by atoms with Gasteiger partial charge in [0, 0.05) is 5.69 Å². The number of aryl methyl sites for hydroxylation is 1. The number of aromatic nitrogens is 2. The molecule has 0 aliphatic rings. The van der Waals surface area contributed by atoms with Gasteiger partial charge in [-0.2, -0.15) is 5.10 Å². The zero-order valence-electron chi connectivity index (χ0n) is 10.7. The minimum absolute atomic E-state index is 0.0851. The van der Waals surface area contributed by atoms with Gasteiger partial charge in [-0.3, -0.25) is 0 Å². The van der Waals surface area contributed by atoms with Gasteiger partial charge >= 0.3 is 5.97 Å². The van der Waals surface area contributed by atoms with Crippen LogP contribution < -0.4 is 0 Å². The molecule has 0 aliphatic heterocycles. The van der Waals surface area contributed by atoms with Crippen molar-refractivity contribution in [1.82, 2.24) is 9.78 Å². The Bertz CT molecular complexity index is 585. The monoisotopic (exact) mass is 244 g/mol. The largest absolute Gasteiger partial charge is 0.476 e. The molecule has 94 valence electrons. The van der Waals surface area contributed by atoms with Gasteiger partial charge in [-0.25, -0.2) is 9.48 Å². The van der Waals surface area contributed by atoms with Crippen LogP contribution in [0.4, 0.5) is 0 Å². The molecule has 2 aromatic rings. The average molecular weight is 244 g/mol. The fraction of sp³-hybridized carbons (Fsp3) is 0.286. The summed E-state index contributed by atoms with van der Waals surface area (Å²) in [5, 5.41) is 13.2. The third-order valence-corrected chi connectivity index (χ3v) is 2.89. The maximum atomic E-state index is 11.0. The fourth-order valence-electron chi connectivity index (χ4n) is 1.91. The summed E-state index contributed by atoms with van der Waals surface area (Å²) in [6.45, 7) is 6.04. The van der Waals surface area contributed by atoms with Gasteiger partial charge in [-0.15, -0.1) is 0 Å². The fourth-order valence-corrected chi connectivity index (χ4v) is 1.91. The summed E-state index contributed by atoms with van der Waals surface area (Å²) in [5.41, 5.74) is 2.98. The lowest BCUT2D eigenvalue weighted by atomic mass is 10.1. The highest BCUT2D eigenvalue weighted by Crippen LogP contribution is 2.22. The van der Waals surface area contributed by atoms with Crippen LogP contribution in [0.2, 0.25) is 0 Å². The number of hydrogen-bond acceptors (Lipinski definition) is 2. The predicted molar refractivity (Wildman–Crippen MR) is 69.3 cm³/mol. The Morgan fingerprint density at radius 1 is 1.33 bits per heavy atom. The summed E-state index contributed by atoms with van der Waals surface area (Å²) in [6.07, 6.45) is 0. The molecule has 4 heteroatoms. The first-order valence-electron chi connectivity index (χ1n) is 5.90. The number of benzene rings is 1. The van der Waals surface area contributed by atoms with Crippen molar-refractivity contribution >= 4 is 5.97 Å². The van der Waals surface area contributed by atoms with Crippen molar-refractivity contribution < 1.29 is 9.90 Å². The van der Waals surface area contributed by atoms with Gasteiger partial charge in [-0.05, 0) is 30.5 Å². The summed E-state index contributed by atoms with van der Waals surface area (Å²) >= 11 is 0. The topological polar surface area (TPSA) is 55.1 Å². The summed E-state index contributed by atoms with van der Waals surface area (Å²) in [5.74, 6) is -0.783. The molecule has 1 N–H and O–H groups in total.